The SMILES string of the molecule is COc1ccc2c(c1)CCOC21CCN(C(=O)c2ccc(S(C)(=O)=O)cc2)CC1. The van der Waals surface area contributed by atoms with Gasteiger partial charge in [0, 0.05) is 24.9 Å². The number of sulfone groups is 1. The zero-order chi connectivity index (χ0) is 20.6. The number of hydrogen-bond acceptors (Lipinski definition) is 5. The first-order valence-corrected chi connectivity index (χ1v) is 11.6. The lowest BCUT2D eigenvalue weighted by Gasteiger charge is -2.45. The lowest BCUT2D eigenvalue weighted by Crippen LogP contribution is -2.48. The first-order valence-electron chi connectivity index (χ1n) is 9.73. The van der Waals surface area contributed by atoms with Gasteiger partial charge in [-0.15, -0.1) is 0 Å². The van der Waals surface area contributed by atoms with Gasteiger partial charge in [-0.2, -0.15) is 0 Å². The second-order valence-corrected chi connectivity index (χ2v) is 9.72. The standard InChI is InChI=1S/C22H25NO5S/c1-27-18-5-8-20-17(15-18)9-14-28-22(20)10-12-23(13-11-22)21(24)16-3-6-19(7-4-16)29(2,25)26/h3-8,15H,9-14H2,1-2H3. The Morgan fingerprint density at radius 1 is 1.10 bits per heavy atom. The first kappa shape index (κ1) is 19.9. The molecule has 7 heteroatoms. The first-order chi connectivity index (χ1) is 13.8. The van der Waals surface area contributed by atoms with E-state index >= 15 is 0 Å². The Kier molecular flexibility index (Phi) is 5.12. The maximum Gasteiger partial charge on any atom is 0.253 e. The summed E-state index contributed by atoms with van der Waals surface area (Å²) in [5.41, 5.74) is 2.61. The summed E-state index contributed by atoms with van der Waals surface area (Å²) < 4.78 is 34.8. The average molecular weight is 416 g/mol. The molecule has 2 aliphatic heterocycles. The van der Waals surface area contributed by atoms with Gasteiger partial charge in [0.05, 0.1) is 24.2 Å². The van der Waals surface area contributed by atoms with Gasteiger partial charge in [-0.1, -0.05) is 6.07 Å². The van der Waals surface area contributed by atoms with E-state index in [9.17, 15) is 13.2 Å². The zero-order valence-corrected chi connectivity index (χ0v) is 17.5. The van der Waals surface area contributed by atoms with Gasteiger partial charge in [0.15, 0.2) is 9.84 Å². The molecule has 1 saturated heterocycles. The van der Waals surface area contributed by atoms with Crippen molar-refractivity contribution in [2.24, 2.45) is 0 Å². The number of carbonyl (C=O) groups is 1. The van der Waals surface area contributed by atoms with Crippen molar-refractivity contribution in [1.29, 1.82) is 0 Å². The molecule has 2 aliphatic rings. The molecule has 4 rings (SSSR count). The molecule has 0 aromatic heterocycles. The molecule has 0 radical (unpaired) electrons. The number of hydrogen-bond donors (Lipinski definition) is 0. The molecule has 0 saturated carbocycles. The van der Waals surface area contributed by atoms with Crippen molar-refractivity contribution in [2.75, 3.05) is 33.1 Å². The normalized spacial score (nSPS) is 18.3. The average Bonchev–Trinajstić information content (AvgIpc) is 2.73. The molecule has 0 atom stereocenters. The van der Waals surface area contributed by atoms with Crippen LogP contribution < -0.4 is 4.74 Å². The van der Waals surface area contributed by atoms with Gasteiger partial charge < -0.3 is 14.4 Å². The van der Waals surface area contributed by atoms with Crippen molar-refractivity contribution in [2.45, 2.75) is 29.8 Å². The highest BCUT2D eigenvalue weighted by atomic mass is 32.2. The molecule has 6 nitrogen and oxygen atoms in total. The fraction of sp³-hybridized carbons (Fsp3) is 0.409. The smallest absolute Gasteiger partial charge is 0.253 e. The number of benzene rings is 2. The summed E-state index contributed by atoms with van der Waals surface area (Å²) in [5, 5.41) is 0. The van der Waals surface area contributed by atoms with Crippen LogP contribution in [-0.2, 0) is 26.6 Å². The number of amides is 1. The second-order valence-electron chi connectivity index (χ2n) is 7.70. The fourth-order valence-corrected chi connectivity index (χ4v) is 4.92. The Hall–Kier alpha value is -2.38. The number of rotatable bonds is 3. The van der Waals surface area contributed by atoms with E-state index in [-0.39, 0.29) is 16.4 Å². The van der Waals surface area contributed by atoms with Crippen molar-refractivity contribution in [3.8, 4) is 5.75 Å². The third kappa shape index (κ3) is 3.76. The van der Waals surface area contributed by atoms with Crippen molar-refractivity contribution in [1.82, 2.24) is 4.90 Å². The third-order valence-electron chi connectivity index (χ3n) is 5.94. The van der Waals surface area contributed by atoms with E-state index in [1.54, 1.807) is 19.2 Å². The topological polar surface area (TPSA) is 72.9 Å². The van der Waals surface area contributed by atoms with Crippen molar-refractivity contribution in [3.05, 3.63) is 59.2 Å². The lowest BCUT2D eigenvalue weighted by atomic mass is 9.79. The Morgan fingerprint density at radius 2 is 1.79 bits per heavy atom. The highest BCUT2D eigenvalue weighted by molar-refractivity contribution is 7.90. The van der Waals surface area contributed by atoms with Crippen LogP contribution in [-0.4, -0.2) is 52.3 Å². The summed E-state index contributed by atoms with van der Waals surface area (Å²) in [6.45, 7) is 1.86. The molecule has 2 aromatic rings. The summed E-state index contributed by atoms with van der Waals surface area (Å²) in [5.74, 6) is 0.775. The number of ether oxygens (including phenoxy) is 2. The van der Waals surface area contributed by atoms with Gasteiger partial charge in [-0.3, -0.25) is 4.79 Å². The second kappa shape index (κ2) is 7.46. The number of nitrogens with zero attached hydrogens (tertiary/aromatic N) is 1. The lowest BCUT2D eigenvalue weighted by molar-refractivity contribution is -0.0935. The van der Waals surface area contributed by atoms with Gasteiger partial charge in [-0.05, 0) is 66.8 Å². The van der Waals surface area contributed by atoms with Crippen LogP contribution in [0.15, 0.2) is 47.4 Å². The van der Waals surface area contributed by atoms with Crippen LogP contribution in [0.2, 0.25) is 0 Å². The number of carbonyl (C=O) groups excluding carboxylic acids is 1. The zero-order valence-electron chi connectivity index (χ0n) is 16.7. The van der Waals surface area contributed by atoms with Crippen molar-refractivity contribution >= 4 is 15.7 Å². The monoisotopic (exact) mass is 415 g/mol. The molecule has 29 heavy (non-hydrogen) atoms. The van der Waals surface area contributed by atoms with Crippen LogP contribution in [0.3, 0.4) is 0 Å². The molecular formula is C22H25NO5S. The Labute approximate surface area is 171 Å². The van der Waals surface area contributed by atoms with E-state index in [1.165, 1.54) is 23.3 Å². The van der Waals surface area contributed by atoms with Crippen molar-refractivity contribution < 1.29 is 22.7 Å². The number of methoxy groups -OCH3 is 1. The molecule has 154 valence electrons. The molecule has 0 unspecified atom stereocenters. The van der Waals surface area contributed by atoms with E-state index in [2.05, 4.69) is 12.1 Å². The maximum absolute atomic E-state index is 12.9. The largest absolute Gasteiger partial charge is 0.497 e. The predicted molar refractivity (Wildman–Crippen MR) is 109 cm³/mol. The van der Waals surface area contributed by atoms with Gasteiger partial charge in [0.1, 0.15) is 5.75 Å². The van der Waals surface area contributed by atoms with Gasteiger partial charge >= 0.3 is 0 Å². The molecule has 0 aliphatic carbocycles. The number of fused-ring (bicyclic) bond motifs is 2. The summed E-state index contributed by atoms with van der Waals surface area (Å²) in [6.07, 6.45) is 3.49. The van der Waals surface area contributed by atoms with Crippen LogP contribution >= 0.6 is 0 Å². The summed E-state index contributed by atoms with van der Waals surface area (Å²) in [6, 6.07) is 12.3. The van der Waals surface area contributed by atoms with E-state index in [0.29, 0.717) is 25.3 Å². The highest BCUT2D eigenvalue weighted by Gasteiger charge is 2.41. The Bertz CT molecular complexity index is 1020. The molecule has 1 amide bonds. The predicted octanol–water partition coefficient (Wildman–Crippen LogP) is 2.80. The minimum absolute atomic E-state index is 0.0781. The number of piperidine rings is 1. The summed E-state index contributed by atoms with van der Waals surface area (Å²) in [7, 11) is -1.60. The Morgan fingerprint density at radius 3 is 2.41 bits per heavy atom. The molecule has 2 aromatic carbocycles. The minimum atomic E-state index is -3.27. The Balaban J connectivity index is 1.49. The summed E-state index contributed by atoms with van der Waals surface area (Å²) in [4.78, 5) is 14.9. The van der Waals surface area contributed by atoms with Crippen LogP contribution in [0.1, 0.15) is 34.3 Å². The van der Waals surface area contributed by atoms with Crippen molar-refractivity contribution in [3.63, 3.8) is 0 Å². The third-order valence-corrected chi connectivity index (χ3v) is 7.07. The van der Waals surface area contributed by atoms with Gasteiger partial charge in [-0.25, -0.2) is 8.42 Å². The molecule has 1 spiro atoms. The molecule has 0 N–H and O–H groups in total. The van der Waals surface area contributed by atoms with E-state index in [0.717, 1.165) is 31.3 Å². The van der Waals surface area contributed by atoms with Crippen LogP contribution in [0.5, 0.6) is 5.75 Å². The molecular weight excluding hydrogens is 390 g/mol. The van der Waals surface area contributed by atoms with Crippen LogP contribution in [0, 0.1) is 0 Å². The van der Waals surface area contributed by atoms with Gasteiger partial charge in [0.2, 0.25) is 0 Å². The van der Waals surface area contributed by atoms with Crippen LogP contribution in [0.25, 0.3) is 0 Å². The van der Waals surface area contributed by atoms with E-state index < -0.39 is 9.84 Å². The highest BCUT2D eigenvalue weighted by Crippen LogP contribution is 2.42. The van der Waals surface area contributed by atoms with E-state index in [4.69, 9.17) is 9.47 Å². The number of likely N-dealkylation sites (tertiary alicyclic amines) is 1. The fourth-order valence-electron chi connectivity index (χ4n) is 4.29. The molecule has 0 bridgehead atoms. The summed E-state index contributed by atoms with van der Waals surface area (Å²) >= 11 is 0. The van der Waals surface area contributed by atoms with Crippen LogP contribution in [0.4, 0.5) is 0 Å². The van der Waals surface area contributed by atoms with E-state index in [1.807, 2.05) is 11.0 Å². The quantitative estimate of drug-likeness (QED) is 0.771. The molecule has 2 heterocycles. The molecule has 1 fully saturated rings. The maximum atomic E-state index is 12.9. The minimum Gasteiger partial charge on any atom is -0.497 e. The van der Waals surface area contributed by atoms with Gasteiger partial charge in [0.25, 0.3) is 5.91 Å².